The van der Waals surface area contributed by atoms with Crippen molar-refractivity contribution in [2.24, 2.45) is 4.36 Å². The SMILES string of the molecule is C=CCn1c(=O)c2cnc(Nc3ccc(N4CCNCC4)c(OC)c3)nc2n1-c1cccc(N=S(C)(C)=O)n1. The number of pyridine rings is 1. The molecule has 0 atom stereocenters. The van der Waals surface area contributed by atoms with Gasteiger partial charge in [-0.25, -0.2) is 23.5 Å². The average Bonchev–Trinajstić information content (AvgIpc) is 3.19. The molecule has 0 unspecified atom stereocenters. The summed E-state index contributed by atoms with van der Waals surface area (Å²) in [6.07, 6.45) is 6.19. The molecule has 0 saturated carbocycles. The number of nitrogens with zero attached hydrogens (tertiary/aromatic N) is 7. The van der Waals surface area contributed by atoms with Crippen LogP contribution in [0.4, 0.5) is 23.1 Å². The highest BCUT2D eigenvalue weighted by molar-refractivity contribution is 7.92. The van der Waals surface area contributed by atoms with E-state index in [1.807, 2.05) is 18.2 Å². The fourth-order valence-corrected chi connectivity index (χ4v) is 5.02. The fraction of sp³-hybridized carbons (Fsp3) is 0.308. The summed E-state index contributed by atoms with van der Waals surface area (Å²) < 4.78 is 25.2. The number of methoxy groups -OCH3 is 1. The number of piperazine rings is 1. The maximum absolute atomic E-state index is 13.2. The van der Waals surface area contributed by atoms with Crippen LogP contribution in [0.2, 0.25) is 0 Å². The van der Waals surface area contributed by atoms with Crippen molar-refractivity contribution in [2.75, 3.05) is 56.0 Å². The summed E-state index contributed by atoms with van der Waals surface area (Å²) in [6.45, 7) is 7.65. The Kier molecular flexibility index (Phi) is 7.35. The lowest BCUT2D eigenvalue weighted by Gasteiger charge is -2.30. The zero-order valence-corrected chi connectivity index (χ0v) is 22.9. The maximum atomic E-state index is 13.2. The molecule has 2 N–H and O–H groups in total. The van der Waals surface area contributed by atoms with E-state index < -0.39 is 9.73 Å². The van der Waals surface area contributed by atoms with Gasteiger partial charge in [0.05, 0.1) is 19.3 Å². The molecule has 1 aliphatic rings. The first-order valence-corrected chi connectivity index (χ1v) is 14.8. The predicted molar refractivity (Wildman–Crippen MR) is 155 cm³/mol. The van der Waals surface area contributed by atoms with Crippen molar-refractivity contribution in [3.63, 3.8) is 0 Å². The third kappa shape index (κ3) is 5.64. The number of nitrogens with one attached hydrogen (secondary N) is 2. The Hall–Kier alpha value is -4.23. The number of allylic oxidation sites excluding steroid dienone is 1. The van der Waals surface area contributed by atoms with Gasteiger partial charge in [0.1, 0.15) is 11.1 Å². The van der Waals surface area contributed by atoms with E-state index in [1.54, 1.807) is 36.1 Å². The van der Waals surface area contributed by atoms with Crippen LogP contribution < -0.4 is 25.8 Å². The molecule has 1 aliphatic heterocycles. The number of ether oxygens (including phenoxy) is 1. The van der Waals surface area contributed by atoms with E-state index in [0.29, 0.717) is 28.6 Å². The summed E-state index contributed by atoms with van der Waals surface area (Å²) in [5, 5.41) is 6.91. The second-order valence-corrected chi connectivity index (χ2v) is 11.8. The number of rotatable bonds is 8. The lowest BCUT2D eigenvalue weighted by molar-refractivity contribution is 0.413. The topological polar surface area (TPSA) is 132 Å². The van der Waals surface area contributed by atoms with Crippen molar-refractivity contribution >= 4 is 43.9 Å². The van der Waals surface area contributed by atoms with Crippen LogP contribution in [0.1, 0.15) is 0 Å². The Morgan fingerprint density at radius 3 is 2.72 bits per heavy atom. The minimum absolute atomic E-state index is 0.226. The summed E-state index contributed by atoms with van der Waals surface area (Å²) in [4.78, 5) is 29.1. The summed E-state index contributed by atoms with van der Waals surface area (Å²) in [6, 6.07) is 11.0. The molecule has 204 valence electrons. The van der Waals surface area contributed by atoms with Gasteiger partial charge in [-0.05, 0) is 24.3 Å². The highest BCUT2D eigenvalue weighted by atomic mass is 32.2. The molecule has 1 aromatic carbocycles. The zero-order valence-electron chi connectivity index (χ0n) is 22.1. The molecule has 0 radical (unpaired) electrons. The Morgan fingerprint density at radius 1 is 1.21 bits per heavy atom. The molecule has 0 bridgehead atoms. The molecule has 13 heteroatoms. The van der Waals surface area contributed by atoms with E-state index in [9.17, 15) is 9.00 Å². The molecule has 5 rings (SSSR count). The average molecular weight is 550 g/mol. The number of hydrogen-bond acceptors (Lipinski definition) is 10. The number of benzene rings is 1. The van der Waals surface area contributed by atoms with Crippen molar-refractivity contribution < 1.29 is 8.95 Å². The van der Waals surface area contributed by atoms with Gasteiger partial charge >= 0.3 is 0 Å². The van der Waals surface area contributed by atoms with Gasteiger partial charge in [0, 0.05) is 66.4 Å². The molecule has 0 spiro atoms. The largest absolute Gasteiger partial charge is 0.495 e. The van der Waals surface area contributed by atoms with Crippen molar-refractivity contribution in [1.29, 1.82) is 0 Å². The van der Waals surface area contributed by atoms with Crippen molar-refractivity contribution in [3.8, 4) is 11.6 Å². The third-order valence-electron chi connectivity index (χ3n) is 6.12. The number of hydrogen-bond donors (Lipinski definition) is 2. The second kappa shape index (κ2) is 10.9. The van der Waals surface area contributed by atoms with E-state index in [1.165, 1.54) is 23.4 Å². The van der Waals surface area contributed by atoms with Gasteiger partial charge in [-0.2, -0.15) is 9.35 Å². The minimum Gasteiger partial charge on any atom is -0.495 e. The number of aromatic nitrogens is 5. The fourth-order valence-electron chi connectivity index (χ4n) is 4.47. The molecule has 39 heavy (non-hydrogen) atoms. The normalized spacial score (nSPS) is 13.9. The predicted octanol–water partition coefficient (Wildman–Crippen LogP) is 2.68. The van der Waals surface area contributed by atoms with Crippen LogP contribution in [0.25, 0.3) is 16.9 Å². The molecule has 0 aliphatic carbocycles. The first kappa shape index (κ1) is 26.4. The van der Waals surface area contributed by atoms with Crippen LogP contribution in [0.15, 0.2) is 64.4 Å². The molecule has 1 saturated heterocycles. The van der Waals surface area contributed by atoms with Crippen LogP contribution in [0.3, 0.4) is 0 Å². The van der Waals surface area contributed by atoms with Gasteiger partial charge in [0.25, 0.3) is 5.56 Å². The molecule has 4 heterocycles. The summed E-state index contributed by atoms with van der Waals surface area (Å²) >= 11 is 0. The molecule has 3 aromatic heterocycles. The van der Waals surface area contributed by atoms with Gasteiger partial charge in [0.15, 0.2) is 17.3 Å². The second-order valence-electron chi connectivity index (χ2n) is 9.29. The van der Waals surface area contributed by atoms with E-state index in [4.69, 9.17) is 4.74 Å². The lowest BCUT2D eigenvalue weighted by atomic mass is 10.2. The monoisotopic (exact) mass is 549 g/mol. The third-order valence-corrected chi connectivity index (χ3v) is 6.75. The molecule has 0 amide bonds. The summed E-state index contributed by atoms with van der Waals surface area (Å²) in [5.74, 6) is 1.74. The highest BCUT2D eigenvalue weighted by Gasteiger charge is 2.19. The molecule has 1 fully saturated rings. The quantitative estimate of drug-likeness (QED) is 0.318. The molecule has 4 aromatic rings. The standard InChI is InChI=1S/C26H31N9O3S/c1-5-13-34-25(36)19-17-28-26(29-18-9-10-20(21(16-18)38-2)33-14-11-27-12-15-33)31-24(19)35(34)23-8-6-7-22(30-23)32-39(3,4)37/h5-10,16-17,27H,1,11-15H2,2-4H3,(H,28,29,31). The molecular weight excluding hydrogens is 518 g/mol. The van der Waals surface area contributed by atoms with Gasteiger partial charge in [0.2, 0.25) is 5.95 Å². The first-order chi connectivity index (χ1) is 18.8. The highest BCUT2D eigenvalue weighted by Crippen LogP contribution is 2.32. The van der Waals surface area contributed by atoms with Crippen molar-refractivity contribution in [3.05, 3.63) is 65.6 Å². The first-order valence-electron chi connectivity index (χ1n) is 12.4. The number of fused-ring (bicyclic) bond motifs is 1. The van der Waals surface area contributed by atoms with Gasteiger partial charge in [-0.1, -0.05) is 12.1 Å². The Balaban J connectivity index is 1.56. The van der Waals surface area contributed by atoms with Crippen LogP contribution in [-0.2, 0) is 16.3 Å². The number of anilines is 3. The Bertz CT molecular complexity index is 1710. The summed E-state index contributed by atoms with van der Waals surface area (Å²) in [7, 11) is -0.775. The van der Waals surface area contributed by atoms with Gasteiger partial charge < -0.3 is 20.3 Å². The van der Waals surface area contributed by atoms with Crippen molar-refractivity contribution in [2.45, 2.75) is 6.54 Å². The van der Waals surface area contributed by atoms with Crippen LogP contribution in [0.5, 0.6) is 5.75 Å². The van der Waals surface area contributed by atoms with E-state index in [-0.39, 0.29) is 12.1 Å². The Morgan fingerprint density at radius 2 is 2.00 bits per heavy atom. The Labute approximate surface area is 226 Å². The molecular formula is C26H31N9O3S. The zero-order chi connectivity index (χ0) is 27.6. The smallest absolute Gasteiger partial charge is 0.278 e. The van der Waals surface area contributed by atoms with E-state index in [2.05, 4.69) is 41.4 Å². The minimum atomic E-state index is -2.42. The van der Waals surface area contributed by atoms with Crippen LogP contribution in [-0.4, -0.2) is 74.3 Å². The molecule has 12 nitrogen and oxygen atoms in total. The lowest BCUT2D eigenvalue weighted by Crippen LogP contribution is -2.43. The maximum Gasteiger partial charge on any atom is 0.278 e. The summed E-state index contributed by atoms with van der Waals surface area (Å²) in [5.41, 5.74) is 1.85. The van der Waals surface area contributed by atoms with Crippen LogP contribution >= 0.6 is 0 Å². The van der Waals surface area contributed by atoms with Gasteiger partial charge in [-0.15, -0.1) is 6.58 Å². The van der Waals surface area contributed by atoms with Crippen molar-refractivity contribution in [1.82, 2.24) is 29.6 Å². The van der Waals surface area contributed by atoms with Crippen LogP contribution in [0, 0.1) is 0 Å². The van der Waals surface area contributed by atoms with Gasteiger partial charge in [-0.3, -0.25) is 4.79 Å². The van der Waals surface area contributed by atoms with E-state index >= 15 is 0 Å². The van der Waals surface area contributed by atoms with E-state index in [0.717, 1.165) is 43.3 Å².